The van der Waals surface area contributed by atoms with E-state index >= 15 is 4.39 Å². The van der Waals surface area contributed by atoms with E-state index in [1.807, 2.05) is 16.3 Å². The Balaban J connectivity index is 1.13. The largest absolute Gasteiger partial charge is 0.416 e. The first-order chi connectivity index (χ1) is 22.5. The van der Waals surface area contributed by atoms with Gasteiger partial charge in [-0.25, -0.2) is 18.6 Å². The molecule has 47 heavy (non-hydrogen) atoms. The fraction of sp³-hybridized carbons (Fsp3) is 0.419. The lowest BCUT2D eigenvalue weighted by atomic mass is 9.90. The molecule has 2 aromatic carbocycles. The number of rotatable bonds is 6. The fourth-order valence-corrected chi connectivity index (χ4v) is 6.33. The SMILES string of the molecule is NC1=NC=NN2C(C3CCN(C(=O)CN4CCOCC4)CC3)=CC(c3ccc(NC(=O)Nc4cc(C(F)(F)F)ccc4F)c(F)c3)C12. The maximum atomic E-state index is 15.3. The molecule has 0 bridgehead atoms. The molecule has 4 heterocycles. The zero-order valence-corrected chi connectivity index (χ0v) is 25.1. The molecule has 16 heteroatoms. The van der Waals surface area contributed by atoms with Gasteiger partial charge in [0.25, 0.3) is 0 Å². The average molecular weight is 661 g/mol. The molecule has 0 spiro atoms. The molecule has 0 aliphatic carbocycles. The number of aliphatic imine (C=N–C) groups is 1. The van der Waals surface area contributed by atoms with Crippen molar-refractivity contribution in [3.63, 3.8) is 0 Å². The zero-order chi connectivity index (χ0) is 33.3. The van der Waals surface area contributed by atoms with Crippen LogP contribution in [0.25, 0.3) is 0 Å². The predicted molar refractivity (Wildman–Crippen MR) is 164 cm³/mol. The van der Waals surface area contributed by atoms with Gasteiger partial charge in [-0.3, -0.25) is 14.7 Å². The molecule has 2 fully saturated rings. The van der Waals surface area contributed by atoms with Crippen LogP contribution in [0.1, 0.15) is 29.9 Å². The number of amides is 3. The summed E-state index contributed by atoms with van der Waals surface area (Å²) in [6.07, 6.45) is 0.0208. The number of carbonyl (C=O) groups excluding carboxylic acids is 2. The maximum absolute atomic E-state index is 15.3. The quantitative estimate of drug-likeness (QED) is 0.400. The van der Waals surface area contributed by atoms with Crippen LogP contribution in [-0.4, -0.2) is 90.9 Å². The number of likely N-dealkylation sites (tertiary alicyclic amines) is 1. The molecule has 0 aromatic heterocycles. The predicted octanol–water partition coefficient (Wildman–Crippen LogP) is 4.16. The first kappa shape index (κ1) is 32.4. The Morgan fingerprint density at radius 1 is 0.957 bits per heavy atom. The lowest BCUT2D eigenvalue weighted by molar-refractivity contribution is -0.137. The average Bonchev–Trinajstić information content (AvgIpc) is 3.44. The number of nitrogens with one attached hydrogen (secondary N) is 2. The van der Waals surface area contributed by atoms with Crippen molar-refractivity contribution in [2.45, 2.75) is 31.0 Å². The molecule has 0 saturated carbocycles. The number of amidine groups is 1. The van der Waals surface area contributed by atoms with Gasteiger partial charge in [0.2, 0.25) is 5.91 Å². The number of ether oxygens (including phenoxy) is 1. The van der Waals surface area contributed by atoms with Gasteiger partial charge in [0.1, 0.15) is 29.9 Å². The van der Waals surface area contributed by atoms with Crippen molar-refractivity contribution in [3.05, 3.63) is 70.9 Å². The minimum Gasteiger partial charge on any atom is -0.385 e. The Morgan fingerprint density at radius 2 is 1.68 bits per heavy atom. The van der Waals surface area contributed by atoms with Gasteiger partial charge in [-0.1, -0.05) is 12.1 Å². The number of morpholine rings is 1. The van der Waals surface area contributed by atoms with Crippen LogP contribution < -0.4 is 16.4 Å². The summed E-state index contributed by atoms with van der Waals surface area (Å²) >= 11 is 0. The van der Waals surface area contributed by atoms with E-state index in [0.717, 1.165) is 18.8 Å². The number of benzene rings is 2. The van der Waals surface area contributed by atoms with E-state index in [2.05, 4.69) is 20.3 Å². The van der Waals surface area contributed by atoms with Gasteiger partial charge < -0.3 is 26.0 Å². The highest BCUT2D eigenvalue weighted by molar-refractivity contribution is 6.00. The molecule has 11 nitrogen and oxygen atoms in total. The minimum atomic E-state index is -4.75. The number of allylic oxidation sites excluding steroid dienone is 1. The summed E-state index contributed by atoms with van der Waals surface area (Å²) in [6.45, 7) is 4.25. The van der Waals surface area contributed by atoms with E-state index in [1.165, 1.54) is 18.5 Å². The second-order valence-electron chi connectivity index (χ2n) is 11.7. The molecule has 2 aromatic rings. The van der Waals surface area contributed by atoms with Crippen LogP contribution in [0.5, 0.6) is 0 Å². The summed E-state index contributed by atoms with van der Waals surface area (Å²) in [5, 5.41) is 10.5. The van der Waals surface area contributed by atoms with Gasteiger partial charge in [0.15, 0.2) is 0 Å². The van der Waals surface area contributed by atoms with Crippen molar-refractivity contribution in [1.82, 2.24) is 14.8 Å². The Labute approximate surface area is 266 Å². The van der Waals surface area contributed by atoms with E-state index in [4.69, 9.17) is 10.5 Å². The third-order valence-corrected chi connectivity index (χ3v) is 8.80. The van der Waals surface area contributed by atoms with Gasteiger partial charge in [-0.2, -0.15) is 18.3 Å². The van der Waals surface area contributed by atoms with Gasteiger partial charge in [0, 0.05) is 43.7 Å². The van der Waals surface area contributed by atoms with Crippen LogP contribution in [0.4, 0.5) is 38.1 Å². The van der Waals surface area contributed by atoms with Crippen LogP contribution in [0.15, 0.2) is 58.3 Å². The molecule has 6 rings (SSSR count). The molecule has 2 atom stereocenters. The molecule has 0 radical (unpaired) electrons. The standard InChI is InChI=1S/C31H33F5N8O3/c32-22-3-2-20(31(34,35)36)14-25(22)41-30(46)40-24-4-1-19(13-23(24)33)21-15-26(44-28(21)29(37)38-17-39-44)18-5-7-43(8-6-18)27(45)16-42-9-11-47-12-10-42/h1-4,13-15,17-18,21,28H,5-12,16H2,(H2,37,38,39)(H2,40,41,46). The van der Waals surface area contributed by atoms with E-state index in [0.29, 0.717) is 75.3 Å². The van der Waals surface area contributed by atoms with E-state index in [-0.39, 0.29) is 17.5 Å². The number of hydrazone groups is 1. The van der Waals surface area contributed by atoms with Crippen LogP contribution in [-0.2, 0) is 15.7 Å². The Bertz CT molecular complexity index is 1620. The Morgan fingerprint density at radius 3 is 2.38 bits per heavy atom. The van der Waals surface area contributed by atoms with Crippen LogP contribution in [0.2, 0.25) is 0 Å². The summed E-state index contributed by atoms with van der Waals surface area (Å²) in [7, 11) is 0. The number of alkyl halides is 3. The van der Waals surface area contributed by atoms with Crippen molar-refractivity contribution in [3.8, 4) is 0 Å². The van der Waals surface area contributed by atoms with Gasteiger partial charge in [-0.15, -0.1) is 0 Å². The van der Waals surface area contributed by atoms with Crippen LogP contribution in [0, 0.1) is 17.6 Å². The summed E-state index contributed by atoms with van der Waals surface area (Å²) in [5.74, 6) is -1.90. The van der Waals surface area contributed by atoms with Crippen molar-refractivity contribution < 1.29 is 36.3 Å². The molecule has 2 unspecified atom stereocenters. The highest BCUT2D eigenvalue weighted by Crippen LogP contribution is 2.42. The van der Waals surface area contributed by atoms with Crippen molar-refractivity contribution in [2.24, 2.45) is 21.7 Å². The highest BCUT2D eigenvalue weighted by atomic mass is 19.4. The molecule has 4 aliphatic heterocycles. The van der Waals surface area contributed by atoms with Crippen molar-refractivity contribution in [2.75, 3.05) is 56.6 Å². The van der Waals surface area contributed by atoms with Crippen LogP contribution in [0.3, 0.4) is 0 Å². The van der Waals surface area contributed by atoms with E-state index in [1.54, 1.807) is 11.1 Å². The lowest BCUT2D eigenvalue weighted by Gasteiger charge is -2.37. The summed E-state index contributed by atoms with van der Waals surface area (Å²) in [6, 6.07) is 4.06. The third kappa shape index (κ3) is 7.07. The second-order valence-corrected chi connectivity index (χ2v) is 11.7. The monoisotopic (exact) mass is 660 g/mol. The second kappa shape index (κ2) is 13.3. The van der Waals surface area contributed by atoms with Crippen molar-refractivity contribution in [1.29, 1.82) is 0 Å². The van der Waals surface area contributed by atoms with E-state index in [9.17, 15) is 27.2 Å². The number of urea groups is 1. The lowest BCUT2D eigenvalue weighted by Crippen LogP contribution is -2.48. The molecule has 3 amide bonds. The number of anilines is 2. The molecular weight excluding hydrogens is 627 g/mol. The molecule has 4 aliphatic rings. The van der Waals surface area contributed by atoms with Crippen LogP contribution >= 0.6 is 0 Å². The minimum absolute atomic E-state index is 0.0729. The Hall–Kier alpha value is -4.57. The summed E-state index contributed by atoms with van der Waals surface area (Å²) in [4.78, 5) is 33.5. The number of nitrogens with zero attached hydrogens (tertiary/aromatic N) is 5. The molecule has 250 valence electrons. The van der Waals surface area contributed by atoms with Crippen molar-refractivity contribution >= 4 is 35.5 Å². The topological polar surface area (TPSA) is 128 Å². The smallest absolute Gasteiger partial charge is 0.385 e. The van der Waals surface area contributed by atoms with Gasteiger partial charge in [0.05, 0.1) is 36.7 Å². The van der Waals surface area contributed by atoms with E-state index < -0.39 is 47.1 Å². The highest BCUT2D eigenvalue weighted by Gasteiger charge is 2.43. The summed E-state index contributed by atoms with van der Waals surface area (Å²) in [5.41, 5.74) is 5.60. The number of hydrogen-bond acceptors (Lipinski definition) is 8. The molecular formula is C31H33F5N8O3. The first-order valence-corrected chi connectivity index (χ1v) is 15.2. The van der Waals surface area contributed by atoms with Gasteiger partial charge >= 0.3 is 12.2 Å². The molecule has 4 N–H and O–H groups in total. The normalized spacial score (nSPS) is 22.1. The maximum Gasteiger partial charge on any atom is 0.416 e. The first-order valence-electron chi connectivity index (χ1n) is 15.2. The van der Waals surface area contributed by atoms with Gasteiger partial charge in [-0.05, 0) is 48.7 Å². The summed E-state index contributed by atoms with van der Waals surface area (Å²) < 4.78 is 73.9. The number of halogens is 5. The number of nitrogens with two attached hydrogens (primary N) is 1. The number of fused-ring (bicyclic) bond motifs is 1. The third-order valence-electron chi connectivity index (χ3n) is 8.80. The zero-order valence-electron chi connectivity index (χ0n) is 25.1. The number of piperidine rings is 1. The number of carbonyl (C=O) groups is 2. The fourth-order valence-electron chi connectivity index (χ4n) is 6.33. The Kier molecular flexibility index (Phi) is 9.14. The molecule has 2 saturated heterocycles. The number of hydrogen-bond donors (Lipinski definition) is 3.